The molecule has 6 heteroatoms. The molecule has 0 aliphatic carbocycles. The van der Waals surface area contributed by atoms with E-state index in [9.17, 15) is 14.7 Å². The minimum absolute atomic E-state index is 0.298. The van der Waals surface area contributed by atoms with Gasteiger partial charge in [-0.25, -0.2) is 9.59 Å². The van der Waals surface area contributed by atoms with E-state index in [-0.39, 0.29) is 5.97 Å². The Morgan fingerprint density at radius 1 is 0.878 bits per heavy atom. The lowest BCUT2D eigenvalue weighted by molar-refractivity contribution is 0.0599. The van der Waals surface area contributed by atoms with Crippen LogP contribution >= 0.6 is 0 Å². The van der Waals surface area contributed by atoms with E-state index in [0.29, 0.717) is 29.8 Å². The molecule has 0 radical (unpaired) electrons. The standard InChI is InChI=1S/C35H32N2O4/c1-22-24(3)37(21-26-11-13-27(14-12-26)30-7-5-6-8-31(30)34(38)39)33-18-17-29(19-32(22)33)23(2)36-20-25-9-15-28(16-10-25)35(40)41-4/h5-19,36H,2,20-21H2,1,3-4H3,(H,38,39). The van der Waals surface area contributed by atoms with E-state index in [4.69, 9.17) is 4.74 Å². The number of nitrogens with one attached hydrogen (secondary N) is 1. The molecule has 41 heavy (non-hydrogen) atoms. The second kappa shape index (κ2) is 11.6. The van der Waals surface area contributed by atoms with Gasteiger partial charge in [-0.05, 0) is 77.6 Å². The Kier molecular flexibility index (Phi) is 7.74. The number of hydrogen-bond acceptors (Lipinski definition) is 4. The zero-order valence-electron chi connectivity index (χ0n) is 23.4. The number of rotatable bonds is 9. The summed E-state index contributed by atoms with van der Waals surface area (Å²) in [5.41, 5.74) is 10.00. The third kappa shape index (κ3) is 5.63. The summed E-state index contributed by atoms with van der Waals surface area (Å²) in [5.74, 6) is -1.28. The summed E-state index contributed by atoms with van der Waals surface area (Å²) < 4.78 is 7.08. The van der Waals surface area contributed by atoms with Gasteiger partial charge < -0.3 is 19.7 Å². The Balaban J connectivity index is 1.33. The number of carboxylic acid groups (broad SMARTS) is 1. The predicted molar refractivity (Wildman–Crippen MR) is 163 cm³/mol. The van der Waals surface area contributed by atoms with E-state index in [1.807, 2.05) is 36.4 Å². The van der Waals surface area contributed by atoms with Gasteiger partial charge in [0.15, 0.2) is 0 Å². The molecule has 0 aliphatic heterocycles. The second-order valence-electron chi connectivity index (χ2n) is 10.1. The van der Waals surface area contributed by atoms with Crippen molar-refractivity contribution in [2.45, 2.75) is 26.9 Å². The summed E-state index contributed by atoms with van der Waals surface area (Å²) >= 11 is 0. The Labute approximate surface area is 239 Å². The smallest absolute Gasteiger partial charge is 0.337 e. The number of aromatic carboxylic acids is 1. The van der Waals surface area contributed by atoms with Crippen molar-refractivity contribution >= 4 is 28.5 Å². The zero-order valence-corrected chi connectivity index (χ0v) is 23.4. The topological polar surface area (TPSA) is 80.6 Å². The van der Waals surface area contributed by atoms with Crippen LogP contribution in [0.15, 0.2) is 97.6 Å². The van der Waals surface area contributed by atoms with E-state index >= 15 is 0 Å². The molecule has 1 heterocycles. The Bertz CT molecular complexity index is 1760. The fraction of sp³-hybridized carbons (Fsp3) is 0.143. The molecule has 0 saturated heterocycles. The summed E-state index contributed by atoms with van der Waals surface area (Å²) in [7, 11) is 1.37. The van der Waals surface area contributed by atoms with Gasteiger partial charge in [0.1, 0.15) is 0 Å². The van der Waals surface area contributed by atoms with E-state index in [1.54, 1.807) is 24.3 Å². The molecule has 0 saturated carbocycles. The molecule has 0 amide bonds. The van der Waals surface area contributed by atoms with Crippen molar-refractivity contribution in [3.63, 3.8) is 0 Å². The molecule has 6 nitrogen and oxygen atoms in total. The van der Waals surface area contributed by atoms with Crippen molar-refractivity contribution in [2.24, 2.45) is 0 Å². The van der Waals surface area contributed by atoms with Crippen LogP contribution in [0.2, 0.25) is 0 Å². The van der Waals surface area contributed by atoms with E-state index in [1.165, 1.54) is 23.8 Å². The molecule has 1 aromatic heterocycles. The van der Waals surface area contributed by atoms with Crippen molar-refractivity contribution in [3.05, 3.63) is 137 Å². The molecule has 2 N–H and O–H groups in total. The summed E-state index contributed by atoms with van der Waals surface area (Å²) in [6.07, 6.45) is 0. The Morgan fingerprint density at radius 3 is 2.22 bits per heavy atom. The van der Waals surface area contributed by atoms with Crippen LogP contribution in [0.4, 0.5) is 0 Å². The maximum absolute atomic E-state index is 11.7. The van der Waals surface area contributed by atoms with Gasteiger partial charge in [0.25, 0.3) is 0 Å². The van der Waals surface area contributed by atoms with Gasteiger partial charge in [-0.3, -0.25) is 0 Å². The maximum atomic E-state index is 11.7. The second-order valence-corrected chi connectivity index (χ2v) is 10.1. The number of benzene rings is 4. The first-order valence-corrected chi connectivity index (χ1v) is 13.4. The molecule has 5 aromatic rings. The van der Waals surface area contributed by atoms with Crippen molar-refractivity contribution in [2.75, 3.05) is 7.11 Å². The molecule has 0 unspecified atom stereocenters. The molecule has 5 rings (SSSR count). The van der Waals surface area contributed by atoms with Crippen molar-refractivity contribution in [1.82, 2.24) is 9.88 Å². The number of nitrogens with zero attached hydrogens (tertiary/aromatic N) is 1. The first-order valence-electron chi connectivity index (χ1n) is 13.4. The van der Waals surface area contributed by atoms with Crippen LogP contribution in [0.25, 0.3) is 27.7 Å². The van der Waals surface area contributed by atoms with Gasteiger partial charge in [0, 0.05) is 35.4 Å². The van der Waals surface area contributed by atoms with Gasteiger partial charge >= 0.3 is 11.9 Å². The largest absolute Gasteiger partial charge is 0.478 e. The maximum Gasteiger partial charge on any atom is 0.337 e. The van der Waals surface area contributed by atoms with E-state index in [0.717, 1.165) is 33.5 Å². The normalized spacial score (nSPS) is 10.9. The fourth-order valence-corrected chi connectivity index (χ4v) is 5.12. The molecule has 0 spiro atoms. The van der Waals surface area contributed by atoms with Crippen molar-refractivity contribution < 1.29 is 19.4 Å². The highest BCUT2D eigenvalue weighted by Crippen LogP contribution is 2.30. The van der Waals surface area contributed by atoms with Crippen LogP contribution in [0, 0.1) is 13.8 Å². The van der Waals surface area contributed by atoms with Crippen molar-refractivity contribution in [3.8, 4) is 11.1 Å². The van der Waals surface area contributed by atoms with Crippen molar-refractivity contribution in [1.29, 1.82) is 0 Å². The van der Waals surface area contributed by atoms with Gasteiger partial charge in [0.2, 0.25) is 0 Å². The first-order chi connectivity index (χ1) is 19.8. The predicted octanol–water partition coefficient (Wildman–Crippen LogP) is 7.22. The van der Waals surface area contributed by atoms with Gasteiger partial charge in [-0.1, -0.05) is 67.2 Å². The minimum Gasteiger partial charge on any atom is -0.478 e. The number of methoxy groups -OCH3 is 1. The highest BCUT2D eigenvalue weighted by atomic mass is 16.5. The van der Waals surface area contributed by atoms with Crippen LogP contribution in [0.3, 0.4) is 0 Å². The number of ether oxygens (including phenoxy) is 1. The number of carbonyl (C=O) groups is 2. The van der Waals surface area contributed by atoms with Crippen LogP contribution < -0.4 is 5.32 Å². The van der Waals surface area contributed by atoms with Gasteiger partial charge in [-0.2, -0.15) is 0 Å². The van der Waals surface area contributed by atoms with E-state index < -0.39 is 5.97 Å². The molecular weight excluding hydrogens is 512 g/mol. The highest BCUT2D eigenvalue weighted by molar-refractivity contribution is 5.96. The lowest BCUT2D eigenvalue weighted by atomic mass is 9.99. The average molecular weight is 545 g/mol. The molecule has 0 atom stereocenters. The third-order valence-electron chi connectivity index (χ3n) is 7.63. The quantitative estimate of drug-likeness (QED) is 0.192. The van der Waals surface area contributed by atoms with Crippen LogP contribution in [-0.2, 0) is 17.8 Å². The summed E-state index contributed by atoms with van der Waals surface area (Å²) in [5, 5.41) is 14.1. The number of carbonyl (C=O) groups excluding carboxylic acids is 1. The van der Waals surface area contributed by atoms with Crippen LogP contribution in [0.1, 0.15) is 48.7 Å². The molecule has 0 fully saturated rings. The van der Waals surface area contributed by atoms with E-state index in [2.05, 4.69) is 60.6 Å². The summed E-state index contributed by atoms with van der Waals surface area (Å²) in [6.45, 7) is 9.83. The molecular formula is C35H32N2O4. The average Bonchev–Trinajstić information content (AvgIpc) is 3.24. The number of esters is 1. The van der Waals surface area contributed by atoms with Gasteiger partial charge in [0.05, 0.1) is 18.2 Å². The Hall–Kier alpha value is -5.10. The number of aromatic nitrogens is 1. The summed E-state index contributed by atoms with van der Waals surface area (Å²) in [6, 6.07) is 28.9. The number of carboxylic acids is 1. The zero-order chi connectivity index (χ0) is 29.1. The number of fused-ring (bicyclic) bond motifs is 1. The van der Waals surface area contributed by atoms with Crippen LogP contribution in [0.5, 0.6) is 0 Å². The summed E-state index contributed by atoms with van der Waals surface area (Å²) in [4.78, 5) is 23.3. The molecule has 4 aromatic carbocycles. The number of aryl methyl sites for hydroxylation is 1. The molecule has 0 aliphatic rings. The Morgan fingerprint density at radius 2 is 1.54 bits per heavy atom. The highest BCUT2D eigenvalue weighted by Gasteiger charge is 2.14. The first kappa shape index (κ1) is 27.5. The van der Waals surface area contributed by atoms with Gasteiger partial charge in [-0.15, -0.1) is 0 Å². The molecule has 0 bridgehead atoms. The lowest BCUT2D eigenvalue weighted by Gasteiger charge is -2.12. The fourth-order valence-electron chi connectivity index (χ4n) is 5.12. The number of hydrogen-bond donors (Lipinski definition) is 2. The van der Waals surface area contributed by atoms with Crippen LogP contribution in [-0.4, -0.2) is 28.7 Å². The third-order valence-corrected chi connectivity index (χ3v) is 7.63. The minimum atomic E-state index is -0.930. The lowest BCUT2D eigenvalue weighted by Crippen LogP contribution is -2.11. The monoisotopic (exact) mass is 544 g/mol. The molecule has 206 valence electrons. The SMILES string of the molecule is C=C(NCc1ccc(C(=O)OC)cc1)c1ccc2c(c1)c(C)c(C)n2Cc1ccc(-c2ccccc2C(=O)O)cc1.